The maximum Gasteiger partial charge on any atom is 0.417 e. The van der Waals surface area contributed by atoms with Gasteiger partial charge in [-0.05, 0) is 74.7 Å². The summed E-state index contributed by atoms with van der Waals surface area (Å²) in [7, 11) is 0. The number of alkyl halides is 3. The zero-order chi connectivity index (χ0) is 27.4. The number of nitriles is 1. The Bertz CT molecular complexity index is 1290. The standard InChI is InChI=1S/C27H24BrClF3N3O2/c1-16(35-25(36)26(2,3)37-24-9-6-20(15-34-24)27(30,31)32)23(12-17-4-7-22(29)8-5-17)19-10-18(14-33)11-21(28)13-19/h4-11,13,15-16,23H,12H2,1-3H3,(H,35,36)/t16-,23+/m0/s1. The van der Waals surface area contributed by atoms with E-state index in [1.54, 1.807) is 24.3 Å². The largest absolute Gasteiger partial charge is 0.462 e. The molecule has 0 radical (unpaired) electrons. The van der Waals surface area contributed by atoms with Gasteiger partial charge in [0.2, 0.25) is 5.88 Å². The zero-order valence-corrected chi connectivity index (χ0v) is 22.6. The van der Waals surface area contributed by atoms with E-state index in [0.717, 1.165) is 27.7 Å². The number of halogens is 5. The van der Waals surface area contributed by atoms with Crippen molar-refractivity contribution in [3.05, 3.63) is 92.5 Å². The summed E-state index contributed by atoms with van der Waals surface area (Å²) >= 11 is 9.48. The van der Waals surface area contributed by atoms with Gasteiger partial charge in [-0.25, -0.2) is 4.98 Å². The molecule has 1 amide bonds. The number of benzene rings is 2. The highest BCUT2D eigenvalue weighted by Crippen LogP contribution is 2.31. The maximum absolute atomic E-state index is 13.2. The van der Waals surface area contributed by atoms with E-state index >= 15 is 0 Å². The third kappa shape index (κ3) is 7.70. The summed E-state index contributed by atoms with van der Waals surface area (Å²) in [5.41, 5.74) is -0.0381. The number of ether oxygens (including phenoxy) is 1. The molecule has 3 rings (SSSR count). The molecule has 37 heavy (non-hydrogen) atoms. The number of nitrogens with one attached hydrogen (secondary N) is 1. The molecule has 0 aliphatic rings. The fraction of sp³-hybridized carbons (Fsp3) is 0.296. The average molecular weight is 595 g/mol. The molecular weight excluding hydrogens is 571 g/mol. The molecule has 0 aliphatic heterocycles. The monoisotopic (exact) mass is 593 g/mol. The summed E-state index contributed by atoms with van der Waals surface area (Å²) in [4.78, 5) is 16.9. The van der Waals surface area contributed by atoms with Gasteiger partial charge >= 0.3 is 6.18 Å². The van der Waals surface area contributed by atoms with E-state index in [4.69, 9.17) is 16.3 Å². The van der Waals surface area contributed by atoms with E-state index in [2.05, 4.69) is 32.3 Å². The topological polar surface area (TPSA) is 75.0 Å². The number of hydrogen-bond donors (Lipinski definition) is 1. The lowest BCUT2D eigenvalue weighted by atomic mass is 9.85. The molecule has 2 aromatic carbocycles. The number of aromatic nitrogens is 1. The van der Waals surface area contributed by atoms with Crippen molar-refractivity contribution in [1.82, 2.24) is 10.3 Å². The second kappa shape index (κ2) is 11.5. The van der Waals surface area contributed by atoms with Crippen LogP contribution in [0.5, 0.6) is 5.88 Å². The SMILES string of the molecule is C[C@H](NC(=O)C(C)(C)Oc1ccc(C(F)(F)F)cn1)[C@@H](Cc1ccc(Cl)cc1)c1cc(Br)cc(C#N)c1. The highest BCUT2D eigenvalue weighted by Gasteiger charge is 2.34. The summed E-state index contributed by atoms with van der Waals surface area (Å²) in [5, 5.41) is 13.0. The van der Waals surface area contributed by atoms with Crippen molar-refractivity contribution in [2.24, 2.45) is 0 Å². The second-order valence-corrected chi connectivity index (χ2v) is 10.4. The summed E-state index contributed by atoms with van der Waals surface area (Å²) in [6.07, 6.45) is -3.32. The van der Waals surface area contributed by atoms with E-state index in [1.165, 1.54) is 13.8 Å². The van der Waals surface area contributed by atoms with E-state index in [0.29, 0.717) is 23.2 Å². The van der Waals surface area contributed by atoms with Crippen LogP contribution in [-0.2, 0) is 17.4 Å². The Morgan fingerprint density at radius 1 is 1.16 bits per heavy atom. The lowest BCUT2D eigenvalue weighted by Gasteiger charge is -2.31. The Morgan fingerprint density at radius 2 is 1.84 bits per heavy atom. The molecule has 3 aromatic rings. The average Bonchev–Trinajstić information content (AvgIpc) is 2.82. The molecule has 0 unspecified atom stereocenters. The summed E-state index contributed by atoms with van der Waals surface area (Å²) in [6.45, 7) is 4.86. The van der Waals surface area contributed by atoms with Gasteiger partial charge in [0, 0.05) is 33.7 Å². The van der Waals surface area contributed by atoms with Crippen LogP contribution in [0.2, 0.25) is 5.02 Å². The summed E-state index contributed by atoms with van der Waals surface area (Å²) in [6, 6.07) is 16.4. The number of nitrogens with zero attached hydrogens (tertiary/aromatic N) is 2. The predicted octanol–water partition coefficient (Wildman–Crippen LogP) is 7.08. The first-order valence-electron chi connectivity index (χ1n) is 11.3. The predicted molar refractivity (Wildman–Crippen MR) is 138 cm³/mol. The fourth-order valence-corrected chi connectivity index (χ4v) is 4.38. The molecule has 0 saturated heterocycles. The van der Waals surface area contributed by atoms with Crippen molar-refractivity contribution in [2.45, 2.75) is 50.9 Å². The first-order chi connectivity index (χ1) is 17.3. The molecule has 0 fully saturated rings. The second-order valence-electron chi connectivity index (χ2n) is 9.08. The highest BCUT2D eigenvalue weighted by molar-refractivity contribution is 9.10. The van der Waals surface area contributed by atoms with Crippen molar-refractivity contribution < 1.29 is 22.7 Å². The smallest absolute Gasteiger partial charge is 0.417 e. The molecule has 0 aliphatic carbocycles. The van der Waals surface area contributed by atoms with Crippen molar-refractivity contribution in [3.63, 3.8) is 0 Å². The normalized spacial score (nSPS) is 13.4. The van der Waals surface area contributed by atoms with Gasteiger partial charge in [0.1, 0.15) is 0 Å². The molecule has 0 spiro atoms. The molecule has 1 aromatic heterocycles. The van der Waals surface area contributed by atoms with Crippen LogP contribution in [0.25, 0.3) is 0 Å². The van der Waals surface area contributed by atoms with Crippen molar-refractivity contribution >= 4 is 33.4 Å². The van der Waals surface area contributed by atoms with Crippen LogP contribution in [0.1, 0.15) is 48.9 Å². The fourth-order valence-electron chi connectivity index (χ4n) is 3.75. The maximum atomic E-state index is 13.2. The van der Waals surface area contributed by atoms with Crippen LogP contribution in [0.4, 0.5) is 13.2 Å². The van der Waals surface area contributed by atoms with Gasteiger partial charge in [-0.1, -0.05) is 39.7 Å². The Kier molecular flexibility index (Phi) is 8.88. The molecule has 194 valence electrons. The van der Waals surface area contributed by atoms with E-state index in [1.807, 2.05) is 25.1 Å². The number of rotatable bonds is 8. The lowest BCUT2D eigenvalue weighted by molar-refractivity contribution is -0.138. The molecule has 1 N–H and O–H groups in total. The van der Waals surface area contributed by atoms with Gasteiger partial charge in [0.25, 0.3) is 5.91 Å². The third-order valence-electron chi connectivity index (χ3n) is 5.78. The minimum Gasteiger partial charge on any atom is -0.462 e. The number of hydrogen-bond acceptors (Lipinski definition) is 4. The molecule has 2 atom stereocenters. The van der Waals surface area contributed by atoms with Crippen LogP contribution in [0.3, 0.4) is 0 Å². The quantitative estimate of drug-likeness (QED) is 0.303. The van der Waals surface area contributed by atoms with Crippen LogP contribution >= 0.6 is 27.5 Å². The van der Waals surface area contributed by atoms with Gasteiger partial charge in [-0.3, -0.25) is 4.79 Å². The number of carbonyl (C=O) groups is 1. The van der Waals surface area contributed by atoms with Gasteiger partial charge in [0.15, 0.2) is 5.60 Å². The molecule has 5 nitrogen and oxygen atoms in total. The lowest BCUT2D eigenvalue weighted by Crippen LogP contribution is -2.51. The number of amides is 1. The van der Waals surface area contributed by atoms with Crippen molar-refractivity contribution in [2.75, 3.05) is 0 Å². The van der Waals surface area contributed by atoms with Crippen LogP contribution < -0.4 is 10.1 Å². The zero-order valence-electron chi connectivity index (χ0n) is 20.2. The van der Waals surface area contributed by atoms with E-state index < -0.39 is 29.3 Å². The minimum absolute atomic E-state index is 0.107. The molecule has 1 heterocycles. The van der Waals surface area contributed by atoms with Gasteiger partial charge in [-0.2, -0.15) is 18.4 Å². The molecule has 0 saturated carbocycles. The van der Waals surface area contributed by atoms with Gasteiger partial charge in [-0.15, -0.1) is 0 Å². The van der Waals surface area contributed by atoms with Gasteiger partial charge < -0.3 is 10.1 Å². The summed E-state index contributed by atoms with van der Waals surface area (Å²) in [5.74, 6) is -0.808. The first kappa shape index (κ1) is 28.5. The van der Waals surface area contributed by atoms with Crippen LogP contribution in [0.15, 0.2) is 65.3 Å². The Morgan fingerprint density at radius 3 is 2.41 bits per heavy atom. The minimum atomic E-state index is -4.52. The molecular formula is C27H24BrClF3N3O2. The van der Waals surface area contributed by atoms with E-state index in [9.17, 15) is 23.2 Å². The molecule has 0 bridgehead atoms. The Labute approximate surface area is 226 Å². The molecule has 10 heteroatoms. The third-order valence-corrected chi connectivity index (χ3v) is 6.49. The first-order valence-corrected chi connectivity index (χ1v) is 12.4. The summed E-state index contributed by atoms with van der Waals surface area (Å²) < 4.78 is 44.8. The Hall–Kier alpha value is -3.09. The van der Waals surface area contributed by atoms with Crippen molar-refractivity contribution in [1.29, 1.82) is 5.26 Å². The Balaban J connectivity index is 1.82. The van der Waals surface area contributed by atoms with Gasteiger partial charge in [0.05, 0.1) is 17.2 Å². The number of carbonyl (C=O) groups excluding carboxylic acids is 1. The van der Waals surface area contributed by atoms with Crippen molar-refractivity contribution in [3.8, 4) is 11.9 Å². The van der Waals surface area contributed by atoms with Crippen LogP contribution in [-0.4, -0.2) is 22.5 Å². The number of pyridine rings is 1. The van der Waals surface area contributed by atoms with E-state index in [-0.39, 0.29) is 11.8 Å². The highest BCUT2D eigenvalue weighted by atomic mass is 79.9. The van der Waals surface area contributed by atoms with Crippen LogP contribution in [0, 0.1) is 11.3 Å².